The number of pyridine rings is 1. The quantitative estimate of drug-likeness (QED) is 0.870. The van der Waals surface area contributed by atoms with Gasteiger partial charge in [0.25, 0.3) is 5.91 Å². The van der Waals surface area contributed by atoms with E-state index in [2.05, 4.69) is 27.6 Å². The van der Waals surface area contributed by atoms with Gasteiger partial charge in [0.05, 0.1) is 23.8 Å². The van der Waals surface area contributed by atoms with Crippen molar-refractivity contribution in [2.45, 2.75) is 25.0 Å². The van der Waals surface area contributed by atoms with E-state index in [1.54, 1.807) is 0 Å². The molecule has 2 aromatic rings. The van der Waals surface area contributed by atoms with E-state index in [4.69, 9.17) is 4.74 Å². The number of nitrogens with one attached hydrogen (secondary N) is 2. The highest BCUT2D eigenvalue weighted by atomic mass is 16.5. The maximum atomic E-state index is 12.6. The summed E-state index contributed by atoms with van der Waals surface area (Å²) in [6, 6.07) is 9.97. The third-order valence-corrected chi connectivity index (χ3v) is 4.73. The van der Waals surface area contributed by atoms with Gasteiger partial charge in [-0.3, -0.25) is 4.79 Å². The zero-order valence-electron chi connectivity index (χ0n) is 14.5. The molecule has 1 aliphatic heterocycles. The molecule has 0 spiro atoms. The zero-order chi connectivity index (χ0) is 17.2. The van der Waals surface area contributed by atoms with Gasteiger partial charge in [0, 0.05) is 31.1 Å². The molecule has 1 aromatic carbocycles. The second-order valence-corrected chi connectivity index (χ2v) is 6.96. The van der Waals surface area contributed by atoms with E-state index in [1.165, 1.54) is 0 Å². The first kappa shape index (κ1) is 16.3. The minimum atomic E-state index is -0.0159. The minimum absolute atomic E-state index is 0.0159. The molecule has 2 heterocycles. The molecular weight excluding hydrogens is 316 g/mol. The van der Waals surface area contributed by atoms with Crippen molar-refractivity contribution in [1.29, 1.82) is 0 Å². The number of anilines is 1. The number of likely N-dealkylation sites (N-methyl/N-ethyl adjacent to an activating group) is 1. The van der Waals surface area contributed by atoms with E-state index in [9.17, 15) is 4.79 Å². The molecule has 1 unspecified atom stereocenters. The van der Waals surface area contributed by atoms with Crippen LogP contribution in [-0.4, -0.2) is 61.2 Å². The molecule has 1 saturated heterocycles. The Hall–Kier alpha value is -2.18. The molecule has 1 aliphatic carbocycles. The fourth-order valence-corrected chi connectivity index (χ4v) is 3.15. The lowest BCUT2D eigenvalue weighted by atomic mass is 10.1. The highest BCUT2D eigenvalue weighted by molar-refractivity contribution is 6.07. The number of hydrogen-bond acceptors (Lipinski definition) is 5. The summed E-state index contributed by atoms with van der Waals surface area (Å²) in [5.74, 6) is 0.703. The Morgan fingerprint density at radius 3 is 3.00 bits per heavy atom. The molecule has 2 aliphatic rings. The largest absolute Gasteiger partial charge is 0.374 e. The second kappa shape index (κ2) is 6.98. The normalized spacial score (nSPS) is 21.2. The molecule has 132 valence electrons. The van der Waals surface area contributed by atoms with Gasteiger partial charge in [0.15, 0.2) is 0 Å². The molecule has 25 heavy (non-hydrogen) atoms. The van der Waals surface area contributed by atoms with E-state index in [-0.39, 0.29) is 12.0 Å². The first-order valence-electron chi connectivity index (χ1n) is 8.94. The van der Waals surface area contributed by atoms with Crippen LogP contribution in [0.1, 0.15) is 23.2 Å². The van der Waals surface area contributed by atoms with Gasteiger partial charge in [-0.25, -0.2) is 4.98 Å². The summed E-state index contributed by atoms with van der Waals surface area (Å²) in [6.45, 7) is 3.30. The molecule has 1 atom stereocenters. The second-order valence-electron chi connectivity index (χ2n) is 6.96. The van der Waals surface area contributed by atoms with E-state index in [0.29, 0.717) is 18.2 Å². The summed E-state index contributed by atoms with van der Waals surface area (Å²) in [5.41, 5.74) is 1.51. The van der Waals surface area contributed by atoms with E-state index < -0.39 is 0 Å². The van der Waals surface area contributed by atoms with Crippen molar-refractivity contribution in [2.75, 3.05) is 38.6 Å². The average molecular weight is 340 g/mol. The summed E-state index contributed by atoms with van der Waals surface area (Å²) >= 11 is 0. The summed E-state index contributed by atoms with van der Waals surface area (Å²) < 4.78 is 5.78. The number of para-hydroxylation sites is 1. The molecule has 1 amide bonds. The Labute approximate surface area is 147 Å². The fraction of sp³-hybridized carbons (Fsp3) is 0.474. The number of nitrogens with zero attached hydrogens (tertiary/aromatic N) is 2. The van der Waals surface area contributed by atoms with Gasteiger partial charge in [-0.1, -0.05) is 18.2 Å². The number of carbonyl (C=O) groups is 1. The van der Waals surface area contributed by atoms with Crippen LogP contribution in [0.4, 0.5) is 5.82 Å². The van der Waals surface area contributed by atoms with Crippen molar-refractivity contribution in [3.05, 3.63) is 35.9 Å². The maximum absolute atomic E-state index is 12.6. The summed E-state index contributed by atoms with van der Waals surface area (Å²) in [7, 11) is 2.10. The van der Waals surface area contributed by atoms with Crippen LogP contribution in [0.5, 0.6) is 0 Å². The van der Waals surface area contributed by atoms with Crippen molar-refractivity contribution < 1.29 is 9.53 Å². The first-order valence-corrected chi connectivity index (χ1v) is 8.94. The number of aromatic nitrogens is 1. The van der Waals surface area contributed by atoms with Gasteiger partial charge in [-0.15, -0.1) is 0 Å². The summed E-state index contributed by atoms with van der Waals surface area (Å²) in [5, 5.41) is 7.31. The number of fused-ring (bicyclic) bond motifs is 1. The van der Waals surface area contributed by atoms with Crippen LogP contribution in [0.25, 0.3) is 10.9 Å². The molecular formula is C19H24N4O2. The molecule has 0 bridgehead atoms. The van der Waals surface area contributed by atoms with Crippen LogP contribution in [-0.2, 0) is 4.74 Å². The number of morpholine rings is 1. The van der Waals surface area contributed by atoms with Gasteiger partial charge in [0.1, 0.15) is 5.82 Å². The highest BCUT2D eigenvalue weighted by Crippen LogP contribution is 2.24. The number of hydrogen-bond donors (Lipinski definition) is 2. The summed E-state index contributed by atoms with van der Waals surface area (Å²) in [4.78, 5) is 19.5. The zero-order valence-corrected chi connectivity index (χ0v) is 14.5. The monoisotopic (exact) mass is 340 g/mol. The third-order valence-electron chi connectivity index (χ3n) is 4.73. The van der Waals surface area contributed by atoms with Crippen molar-refractivity contribution in [3.8, 4) is 0 Å². The highest BCUT2D eigenvalue weighted by Gasteiger charge is 2.25. The maximum Gasteiger partial charge on any atom is 0.252 e. The van der Waals surface area contributed by atoms with Crippen molar-refractivity contribution in [2.24, 2.45) is 0 Å². The average Bonchev–Trinajstić information content (AvgIpc) is 3.43. The number of amides is 1. The predicted octanol–water partition coefficient (Wildman–Crippen LogP) is 1.87. The van der Waals surface area contributed by atoms with Crippen LogP contribution in [0, 0.1) is 0 Å². The number of ether oxygens (including phenoxy) is 1. The van der Waals surface area contributed by atoms with Gasteiger partial charge in [-0.05, 0) is 32.0 Å². The Balaban J connectivity index is 1.54. The standard InChI is InChI=1S/C19H24N4O2/c1-23-8-9-25-14(12-23)11-20-18-10-16(19(24)21-13-6-7-13)15-4-2-3-5-17(15)22-18/h2-5,10,13-14H,6-9,11-12H2,1H3,(H,20,22)(H,21,24). The summed E-state index contributed by atoms with van der Waals surface area (Å²) in [6.07, 6.45) is 2.29. The third kappa shape index (κ3) is 3.91. The van der Waals surface area contributed by atoms with Crippen molar-refractivity contribution >= 4 is 22.6 Å². The molecule has 1 aromatic heterocycles. The van der Waals surface area contributed by atoms with Crippen LogP contribution >= 0.6 is 0 Å². The topological polar surface area (TPSA) is 66.5 Å². The van der Waals surface area contributed by atoms with E-state index in [0.717, 1.165) is 49.3 Å². The van der Waals surface area contributed by atoms with Gasteiger partial charge in [0.2, 0.25) is 0 Å². The van der Waals surface area contributed by atoms with Gasteiger partial charge in [-0.2, -0.15) is 0 Å². The van der Waals surface area contributed by atoms with Crippen LogP contribution in [0.3, 0.4) is 0 Å². The molecule has 0 radical (unpaired) electrons. The number of benzene rings is 1. The minimum Gasteiger partial charge on any atom is -0.374 e. The molecule has 4 rings (SSSR count). The predicted molar refractivity (Wildman–Crippen MR) is 98.0 cm³/mol. The lowest BCUT2D eigenvalue weighted by molar-refractivity contribution is -0.0117. The smallest absolute Gasteiger partial charge is 0.252 e. The first-order chi connectivity index (χ1) is 12.2. The molecule has 6 nitrogen and oxygen atoms in total. The van der Waals surface area contributed by atoms with Crippen LogP contribution in [0.2, 0.25) is 0 Å². The van der Waals surface area contributed by atoms with Gasteiger partial charge >= 0.3 is 0 Å². The molecule has 1 saturated carbocycles. The lowest BCUT2D eigenvalue weighted by Crippen LogP contribution is -2.43. The van der Waals surface area contributed by atoms with Crippen LogP contribution < -0.4 is 10.6 Å². The molecule has 2 N–H and O–H groups in total. The Bertz CT molecular complexity index is 775. The number of rotatable bonds is 5. The number of carbonyl (C=O) groups excluding carboxylic acids is 1. The Morgan fingerprint density at radius 1 is 1.36 bits per heavy atom. The van der Waals surface area contributed by atoms with Gasteiger partial charge < -0.3 is 20.3 Å². The van der Waals surface area contributed by atoms with E-state index in [1.807, 2.05) is 30.3 Å². The van der Waals surface area contributed by atoms with Crippen molar-refractivity contribution in [3.63, 3.8) is 0 Å². The molecule has 2 fully saturated rings. The lowest BCUT2D eigenvalue weighted by Gasteiger charge is -2.30. The SMILES string of the molecule is CN1CCOC(CNc2cc(C(=O)NC3CC3)c3ccccc3n2)C1. The Kier molecular flexibility index (Phi) is 4.55. The van der Waals surface area contributed by atoms with Crippen molar-refractivity contribution in [1.82, 2.24) is 15.2 Å². The van der Waals surface area contributed by atoms with E-state index >= 15 is 0 Å². The molecule has 6 heteroatoms. The van der Waals surface area contributed by atoms with Crippen LogP contribution in [0.15, 0.2) is 30.3 Å². The fourth-order valence-electron chi connectivity index (χ4n) is 3.15. The Morgan fingerprint density at radius 2 is 2.20 bits per heavy atom.